The van der Waals surface area contributed by atoms with Crippen molar-refractivity contribution in [3.8, 4) is 0 Å². The van der Waals surface area contributed by atoms with Crippen molar-refractivity contribution in [3.63, 3.8) is 0 Å². The van der Waals surface area contributed by atoms with Crippen LogP contribution < -0.4 is 0 Å². The maximum atomic E-state index is 13.2. The molecule has 0 saturated carbocycles. The number of hydrogen-bond donors (Lipinski definition) is 0. The first-order chi connectivity index (χ1) is 11.6. The predicted octanol–water partition coefficient (Wildman–Crippen LogP) is 3.95. The summed E-state index contributed by atoms with van der Waals surface area (Å²) in [6, 6.07) is 8.45. The van der Waals surface area contributed by atoms with E-state index < -0.39 is 11.6 Å². The average Bonchev–Trinajstić information content (AvgIpc) is 3.13. The molecule has 1 aliphatic rings. The SMILES string of the molecule is O=C(CCCc1ccc(F)c(F)c1)N1CCC(n2cccc2)CC1. The number of rotatable bonds is 5. The van der Waals surface area contributed by atoms with Gasteiger partial charge in [0.05, 0.1) is 0 Å². The molecule has 3 rings (SSSR count). The molecule has 1 aromatic carbocycles. The molecule has 1 amide bonds. The van der Waals surface area contributed by atoms with Crippen LogP contribution in [0.5, 0.6) is 0 Å². The average molecular weight is 332 g/mol. The van der Waals surface area contributed by atoms with E-state index in [2.05, 4.69) is 17.0 Å². The zero-order valence-corrected chi connectivity index (χ0v) is 13.6. The minimum Gasteiger partial charge on any atom is -0.351 e. The first kappa shape index (κ1) is 16.7. The second kappa shape index (κ2) is 7.60. The van der Waals surface area contributed by atoms with E-state index in [0.717, 1.165) is 37.6 Å². The summed E-state index contributed by atoms with van der Waals surface area (Å²) in [5.74, 6) is -1.50. The van der Waals surface area contributed by atoms with Gasteiger partial charge < -0.3 is 9.47 Å². The Labute approximate surface area is 140 Å². The number of aromatic nitrogens is 1. The van der Waals surface area contributed by atoms with Crippen LogP contribution in [0.25, 0.3) is 0 Å². The van der Waals surface area contributed by atoms with Crippen LogP contribution in [0, 0.1) is 11.6 Å². The van der Waals surface area contributed by atoms with E-state index >= 15 is 0 Å². The predicted molar refractivity (Wildman–Crippen MR) is 88.6 cm³/mol. The fraction of sp³-hybridized carbons (Fsp3) is 0.421. The van der Waals surface area contributed by atoms with Gasteiger partial charge in [0.15, 0.2) is 11.6 Å². The highest BCUT2D eigenvalue weighted by Crippen LogP contribution is 2.23. The maximum Gasteiger partial charge on any atom is 0.222 e. The highest BCUT2D eigenvalue weighted by Gasteiger charge is 2.22. The molecule has 0 spiro atoms. The van der Waals surface area contributed by atoms with Gasteiger partial charge >= 0.3 is 0 Å². The van der Waals surface area contributed by atoms with Crippen LogP contribution in [0.3, 0.4) is 0 Å². The van der Waals surface area contributed by atoms with E-state index in [0.29, 0.717) is 25.3 Å². The number of aryl methyl sites for hydroxylation is 1. The van der Waals surface area contributed by atoms with Gasteiger partial charge in [-0.1, -0.05) is 6.07 Å². The summed E-state index contributed by atoms with van der Waals surface area (Å²) in [4.78, 5) is 14.2. The van der Waals surface area contributed by atoms with Crippen molar-refractivity contribution in [2.75, 3.05) is 13.1 Å². The summed E-state index contributed by atoms with van der Waals surface area (Å²) in [7, 11) is 0. The van der Waals surface area contributed by atoms with Gasteiger partial charge in [0.1, 0.15) is 0 Å². The molecule has 0 atom stereocenters. The lowest BCUT2D eigenvalue weighted by atomic mass is 10.0. The van der Waals surface area contributed by atoms with Gasteiger partial charge in [0, 0.05) is 37.9 Å². The smallest absolute Gasteiger partial charge is 0.222 e. The molecule has 1 saturated heterocycles. The van der Waals surface area contributed by atoms with Crippen LogP contribution in [-0.4, -0.2) is 28.5 Å². The van der Waals surface area contributed by atoms with Gasteiger partial charge in [0.2, 0.25) is 5.91 Å². The molecule has 3 nitrogen and oxygen atoms in total. The minimum atomic E-state index is -0.833. The van der Waals surface area contributed by atoms with E-state index in [4.69, 9.17) is 0 Å². The zero-order chi connectivity index (χ0) is 16.9. The summed E-state index contributed by atoms with van der Waals surface area (Å²) < 4.78 is 28.3. The van der Waals surface area contributed by atoms with E-state index in [1.807, 2.05) is 17.0 Å². The van der Waals surface area contributed by atoms with E-state index in [-0.39, 0.29) is 5.91 Å². The Morgan fingerprint density at radius 1 is 1.08 bits per heavy atom. The molecular weight excluding hydrogens is 310 g/mol. The lowest BCUT2D eigenvalue weighted by Crippen LogP contribution is -2.38. The van der Waals surface area contributed by atoms with Crippen molar-refractivity contribution in [2.24, 2.45) is 0 Å². The number of hydrogen-bond acceptors (Lipinski definition) is 1. The van der Waals surface area contributed by atoms with E-state index in [1.54, 1.807) is 6.07 Å². The molecule has 2 aromatic rings. The molecule has 0 radical (unpaired) electrons. The van der Waals surface area contributed by atoms with Crippen molar-refractivity contribution >= 4 is 5.91 Å². The summed E-state index contributed by atoms with van der Waals surface area (Å²) in [6.45, 7) is 1.57. The molecule has 1 aromatic heterocycles. The number of nitrogens with zero attached hydrogens (tertiary/aromatic N) is 2. The third kappa shape index (κ3) is 4.02. The Morgan fingerprint density at radius 3 is 2.46 bits per heavy atom. The Morgan fingerprint density at radius 2 is 1.79 bits per heavy atom. The molecule has 128 valence electrons. The van der Waals surface area contributed by atoms with Gasteiger partial charge in [-0.15, -0.1) is 0 Å². The number of carbonyl (C=O) groups is 1. The fourth-order valence-corrected chi connectivity index (χ4v) is 3.30. The second-order valence-corrected chi connectivity index (χ2v) is 6.34. The first-order valence-electron chi connectivity index (χ1n) is 8.47. The summed E-state index contributed by atoms with van der Waals surface area (Å²) >= 11 is 0. The maximum absolute atomic E-state index is 13.2. The molecular formula is C19H22F2N2O. The largest absolute Gasteiger partial charge is 0.351 e. The van der Waals surface area contributed by atoms with Crippen molar-refractivity contribution in [1.29, 1.82) is 0 Å². The van der Waals surface area contributed by atoms with Gasteiger partial charge in [-0.05, 0) is 55.5 Å². The summed E-state index contributed by atoms with van der Waals surface area (Å²) in [6.07, 6.45) is 7.79. The third-order valence-electron chi connectivity index (χ3n) is 4.71. The Bertz CT molecular complexity index is 677. The van der Waals surface area contributed by atoms with Crippen LogP contribution >= 0.6 is 0 Å². The Hall–Kier alpha value is -2.17. The molecule has 2 heterocycles. The molecule has 0 N–H and O–H groups in total. The van der Waals surface area contributed by atoms with Crippen LogP contribution in [0.4, 0.5) is 8.78 Å². The standard InChI is InChI=1S/C19H22F2N2O/c20-17-7-6-15(14-18(17)21)4-3-5-19(24)23-12-8-16(9-13-23)22-10-1-2-11-22/h1-2,6-7,10-11,14,16H,3-5,8-9,12-13H2. The van der Waals surface area contributed by atoms with Gasteiger partial charge in [-0.25, -0.2) is 8.78 Å². The number of halogens is 2. The lowest BCUT2D eigenvalue weighted by Gasteiger charge is -2.33. The van der Waals surface area contributed by atoms with E-state index in [9.17, 15) is 13.6 Å². The van der Waals surface area contributed by atoms with E-state index in [1.165, 1.54) is 6.07 Å². The fourth-order valence-electron chi connectivity index (χ4n) is 3.30. The van der Waals surface area contributed by atoms with Crippen LogP contribution in [0.15, 0.2) is 42.7 Å². The normalized spacial score (nSPS) is 15.7. The Balaban J connectivity index is 1.42. The second-order valence-electron chi connectivity index (χ2n) is 6.34. The van der Waals surface area contributed by atoms with Crippen molar-refractivity contribution in [1.82, 2.24) is 9.47 Å². The third-order valence-corrected chi connectivity index (χ3v) is 4.71. The minimum absolute atomic E-state index is 0.156. The zero-order valence-electron chi connectivity index (χ0n) is 13.6. The number of likely N-dealkylation sites (tertiary alicyclic amines) is 1. The van der Waals surface area contributed by atoms with Crippen LogP contribution in [-0.2, 0) is 11.2 Å². The topological polar surface area (TPSA) is 25.2 Å². The molecule has 1 fully saturated rings. The summed E-state index contributed by atoms with van der Waals surface area (Å²) in [5.41, 5.74) is 0.730. The monoisotopic (exact) mass is 332 g/mol. The van der Waals surface area contributed by atoms with Gasteiger partial charge in [-0.2, -0.15) is 0 Å². The van der Waals surface area contributed by atoms with Gasteiger partial charge in [0.25, 0.3) is 0 Å². The Kier molecular flexibility index (Phi) is 5.28. The quantitative estimate of drug-likeness (QED) is 0.814. The van der Waals surface area contributed by atoms with Crippen molar-refractivity contribution < 1.29 is 13.6 Å². The lowest BCUT2D eigenvalue weighted by molar-refractivity contribution is -0.132. The molecule has 0 aliphatic carbocycles. The van der Waals surface area contributed by atoms with Crippen LogP contribution in [0.1, 0.15) is 37.3 Å². The number of piperidine rings is 1. The highest BCUT2D eigenvalue weighted by atomic mass is 19.2. The molecule has 0 bridgehead atoms. The van der Waals surface area contributed by atoms with Crippen molar-refractivity contribution in [2.45, 2.75) is 38.1 Å². The molecule has 5 heteroatoms. The van der Waals surface area contributed by atoms with Crippen LogP contribution in [0.2, 0.25) is 0 Å². The highest BCUT2D eigenvalue weighted by molar-refractivity contribution is 5.76. The number of amides is 1. The number of carbonyl (C=O) groups excluding carboxylic acids is 1. The molecule has 1 aliphatic heterocycles. The first-order valence-corrected chi connectivity index (χ1v) is 8.47. The van der Waals surface area contributed by atoms with Gasteiger partial charge in [-0.3, -0.25) is 4.79 Å². The van der Waals surface area contributed by atoms with Crippen molar-refractivity contribution in [3.05, 3.63) is 59.9 Å². The molecule has 0 unspecified atom stereocenters. The molecule has 24 heavy (non-hydrogen) atoms. The summed E-state index contributed by atoms with van der Waals surface area (Å²) in [5, 5.41) is 0. The number of benzene rings is 1.